The summed E-state index contributed by atoms with van der Waals surface area (Å²) >= 11 is 1.50. The summed E-state index contributed by atoms with van der Waals surface area (Å²) in [4.78, 5) is 14.5. The van der Waals surface area contributed by atoms with Crippen molar-refractivity contribution in [3.63, 3.8) is 0 Å². The van der Waals surface area contributed by atoms with E-state index in [1.54, 1.807) is 6.20 Å². The van der Waals surface area contributed by atoms with Gasteiger partial charge >= 0.3 is 0 Å². The third-order valence-electron chi connectivity index (χ3n) is 4.97. The Balaban J connectivity index is 1.38. The molecular weight excluding hydrogens is 360 g/mol. The maximum atomic E-state index is 5.97. The van der Waals surface area contributed by atoms with E-state index < -0.39 is 0 Å². The molecule has 1 atom stereocenters. The first-order chi connectivity index (χ1) is 13.3. The molecule has 7 heteroatoms. The number of morpholine rings is 1. The van der Waals surface area contributed by atoms with Crippen molar-refractivity contribution in [2.75, 3.05) is 19.8 Å². The zero-order valence-electron chi connectivity index (χ0n) is 15.0. The van der Waals surface area contributed by atoms with Gasteiger partial charge in [-0.1, -0.05) is 11.3 Å². The Bertz CT molecular complexity index is 1060. The SMILES string of the molecule is CC1COCCN1Cc1c[nH]c2cc(Oc3nc4ncccc4s3)ccc12. The van der Waals surface area contributed by atoms with Crippen LogP contribution in [0.1, 0.15) is 12.5 Å². The fourth-order valence-corrected chi connectivity index (χ4v) is 4.26. The lowest BCUT2D eigenvalue weighted by Gasteiger charge is -2.33. The standard InChI is InChI=1S/C20H20N4O2S/c1-13-12-25-8-7-24(13)11-14-10-22-17-9-15(4-5-16(14)17)26-20-23-19-18(27-20)3-2-6-21-19/h2-6,9-10,13,22H,7-8,11-12H2,1H3. The number of ether oxygens (including phenoxy) is 2. The van der Waals surface area contributed by atoms with E-state index in [-0.39, 0.29) is 0 Å². The smallest absolute Gasteiger partial charge is 0.281 e. The van der Waals surface area contributed by atoms with Gasteiger partial charge in [0.2, 0.25) is 0 Å². The quantitative estimate of drug-likeness (QED) is 0.575. The van der Waals surface area contributed by atoms with E-state index in [9.17, 15) is 0 Å². The van der Waals surface area contributed by atoms with Gasteiger partial charge in [-0.3, -0.25) is 4.90 Å². The lowest BCUT2D eigenvalue weighted by Crippen LogP contribution is -2.42. The van der Waals surface area contributed by atoms with E-state index in [0.717, 1.165) is 47.9 Å². The Hall–Kier alpha value is -2.48. The molecule has 1 aromatic carbocycles. The van der Waals surface area contributed by atoms with Crippen LogP contribution in [-0.4, -0.2) is 45.7 Å². The van der Waals surface area contributed by atoms with Gasteiger partial charge in [-0.15, -0.1) is 0 Å². The molecule has 27 heavy (non-hydrogen) atoms. The number of aromatic nitrogens is 3. The van der Waals surface area contributed by atoms with Crippen molar-refractivity contribution in [3.05, 3.63) is 48.3 Å². The van der Waals surface area contributed by atoms with Crippen molar-refractivity contribution in [1.29, 1.82) is 0 Å². The number of rotatable bonds is 4. The number of pyridine rings is 1. The Morgan fingerprint density at radius 2 is 2.33 bits per heavy atom. The number of nitrogens with one attached hydrogen (secondary N) is 1. The third-order valence-corrected chi connectivity index (χ3v) is 5.86. The molecule has 0 saturated carbocycles. The van der Waals surface area contributed by atoms with E-state index in [0.29, 0.717) is 11.2 Å². The maximum Gasteiger partial charge on any atom is 0.281 e. The highest BCUT2D eigenvalue weighted by atomic mass is 32.1. The zero-order chi connectivity index (χ0) is 18.2. The van der Waals surface area contributed by atoms with E-state index in [2.05, 4.69) is 39.0 Å². The van der Waals surface area contributed by atoms with Crippen LogP contribution in [0, 0.1) is 0 Å². The van der Waals surface area contributed by atoms with Crippen LogP contribution in [0.2, 0.25) is 0 Å². The van der Waals surface area contributed by atoms with E-state index in [1.165, 1.54) is 22.3 Å². The minimum absolute atomic E-state index is 0.443. The van der Waals surface area contributed by atoms with Crippen LogP contribution in [0.15, 0.2) is 42.7 Å². The van der Waals surface area contributed by atoms with Crippen LogP contribution in [0.4, 0.5) is 0 Å². The number of hydrogen-bond donors (Lipinski definition) is 1. The van der Waals surface area contributed by atoms with E-state index in [4.69, 9.17) is 9.47 Å². The van der Waals surface area contributed by atoms with Gasteiger partial charge in [-0.25, -0.2) is 4.98 Å². The van der Waals surface area contributed by atoms with E-state index >= 15 is 0 Å². The molecule has 1 unspecified atom stereocenters. The zero-order valence-corrected chi connectivity index (χ0v) is 15.8. The van der Waals surface area contributed by atoms with Gasteiger partial charge in [0, 0.05) is 48.5 Å². The Morgan fingerprint density at radius 1 is 1.37 bits per heavy atom. The second-order valence-electron chi connectivity index (χ2n) is 6.82. The molecule has 1 aliphatic heterocycles. The van der Waals surface area contributed by atoms with Crippen LogP contribution in [0.25, 0.3) is 21.3 Å². The average Bonchev–Trinajstić information content (AvgIpc) is 3.27. The van der Waals surface area contributed by atoms with Crippen molar-refractivity contribution in [2.24, 2.45) is 0 Å². The molecule has 0 amide bonds. The minimum Gasteiger partial charge on any atom is -0.431 e. The predicted molar refractivity (Wildman–Crippen MR) is 106 cm³/mol. The number of fused-ring (bicyclic) bond motifs is 2. The Labute approximate surface area is 160 Å². The minimum atomic E-state index is 0.443. The fourth-order valence-electron chi connectivity index (χ4n) is 3.47. The number of thiazole rings is 1. The van der Waals surface area contributed by atoms with Crippen LogP contribution >= 0.6 is 11.3 Å². The van der Waals surface area contributed by atoms with Gasteiger partial charge in [0.1, 0.15) is 5.75 Å². The number of hydrogen-bond acceptors (Lipinski definition) is 6. The first-order valence-electron chi connectivity index (χ1n) is 9.07. The van der Waals surface area contributed by atoms with Crippen molar-refractivity contribution in [3.8, 4) is 10.9 Å². The largest absolute Gasteiger partial charge is 0.431 e. The van der Waals surface area contributed by atoms with Crippen LogP contribution < -0.4 is 4.74 Å². The summed E-state index contributed by atoms with van der Waals surface area (Å²) in [6, 6.07) is 10.5. The molecular formula is C20H20N4O2S. The van der Waals surface area contributed by atoms with E-state index in [1.807, 2.05) is 24.3 Å². The van der Waals surface area contributed by atoms with Gasteiger partial charge in [0.25, 0.3) is 5.19 Å². The molecule has 0 spiro atoms. The third kappa shape index (κ3) is 3.29. The molecule has 138 valence electrons. The molecule has 3 aromatic heterocycles. The van der Waals surface area contributed by atoms with Crippen molar-refractivity contribution < 1.29 is 9.47 Å². The number of H-pyrrole nitrogens is 1. The van der Waals surface area contributed by atoms with Gasteiger partial charge in [-0.2, -0.15) is 4.98 Å². The summed E-state index contributed by atoms with van der Waals surface area (Å²) in [7, 11) is 0. The maximum absolute atomic E-state index is 5.97. The molecule has 1 aliphatic rings. The summed E-state index contributed by atoms with van der Waals surface area (Å²) in [6.07, 6.45) is 3.84. The molecule has 5 rings (SSSR count). The van der Waals surface area contributed by atoms with Crippen molar-refractivity contribution >= 4 is 32.6 Å². The van der Waals surface area contributed by atoms with Gasteiger partial charge in [0.05, 0.1) is 17.9 Å². The van der Waals surface area contributed by atoms with Crippen molar-refractivity contribution in [2.45, 2.75) is 19.5 Å². The molecule has 0 radical (unpaired) electrons. The van der Waals surface area contributed by atoms with Crippen LogP contribution in [0.3, 0.4) is 0 Å². The molecule has 4 aromatic rings. The molecule has 6 nitrogen and oxygen atoms in total. The predicted octanol–water partition coefficient (Wildman–Crippen LogP) is 4.19. The average molecular weight is 380 g/mol. The summed E-state index contributed by atoms with van der Waals surface area (Å²) in [5.74, 6) is 0.773. The first kappa shape index (κ1) is 16.7. The fraction of sp³-hybridized carbons (Fsp3) is 0.300. The topological polar surface area (TPSA) is 63.3 Å². The lowest BCUT2D eigenvalue weighted by atomic mass is 10.1. The molecule has 1 N–H and O–H groups in total. The first-order valence-corrected chi connectivity index (χ1v) is 9.89. The number of nitrogens with zero attached hydrogens (tertiary/aromatic N) is 3. The Morgan fingerprint density at radius 3 is 3.22 bits per heavy atom. The summed E-state index contributed by atoms with van der Waals surface area (Å²) in [5.41, 5.74) is 3.09. The van der Waals surface area contributed by atoms with Gasteiger partial charge in [0.15, 0.2) is 5.65 Å². The Kier molecular flexibility index (Phi) is 4.27. The molecule has 1 saturated heterocycles. The van der Waals surface area contributed by atoms with Crippen LogP contribution in [0.5, 0.6) is 10.9 Å². The molecule has 0 bridgehead atoms. The monoisotopic (exact) mass is 380 g/mol. The summed E-state index contributed by atoms with van der Waals surface area (Å²) in [5, 5.41) is 1.84. The lowest BCUT2D eigenvalue weighted by molar-refractivity contribution is -0.00418. The van der Waals surface area contributed by atoms with Gasteiger partial charge in [-0.05, 0) is 36.8 Å². The second-order valence-corrected chi connectivity index (χ2v) is 7.82. The number of aromatic amines is 1. The summed E-state index contributed by atoms with van der Waals surface area (Å²) < 4.78 is 12.5. The normalized spacial score (nSPS) is 18.3. The second kappa shape index (κ2) is 6.92. The highest BCUT2D eigenvalue weighted by molar-refractivity contribution is 7.20. The summed E-state index contributed by atoms with van der Waals surface area (Å²) in [6.45, 7) is 5.72. The highest BCUT2D eigenvalue weighted by Crippen LogP contribution is 2.32. The van der Waals surface area contributed by atoms with Crippen LogP contribution in [-0.2, 0) is 11.3 Å². The molecule has 4 heterocycles. The highest BCUT2D eigenvalue weighted by Gasteiger charge is 2.20. The molecule has 0 aliphatic carbocycles. The van der Waals surface area contributed by atoms with Gasteiger partial charge < -0.3 is 14.5 Å². The number of benzene rings is 1. The molecule has 1 fully saturated rings. The van der Waals surface area contributed by atoms with Crippen molar-refractivity contribution in [1.82, 2.24) is 19.9 Å².